The highest BCUT2D eigenvalue weighted by molar-refractivity contribution is 7.99. The van der Waals surface area contributed by atoms with Crippen LogP contribution in [0.15, 0.2) is 52.3 Å². The van der Waals surface area contributed by atoms with E-state index in [0.29, 0.717) is 17.9 Å². The SMILES string of the molecule is CC(C)N1c2ccccc2Sc2ccc(C#N)cc21.CS(=O)(=O)[O-]. The number of benzene rings is 2. The highest BCUT2D eigenvalue weighted by Crippen LogP contribution is 2.48. The molecule has 0 saturated heterocycles. The van der Waals surface area contributed by atoms with Gasteiger partial charge < -0.3 is 9.45 Å². The molecular weight excluding hydrogens is 344 g/mol. The molecule has 5 nitrogen and oxygen atoms in total. The molecule has 0 saturated carbocycles. The molecule has 0 aliphatic carbocycles. The van der Waals surface area contributed by atoms with Crippen molar-refractivity contribution in [3.8, 4) is 6.07 Å². The van der Waals surface area contributed by atoms with Gasteiger partial charge in [0.25, 0.3) is 0 Å². The molecule has 0 N–H and O–H groups in total. The second-order valence-electron chi connectivity index (χ2n) is 5.53. The van der Waals surface area contributed by atoms with E-state index in [9.17, 15) is 0 Å². The lowest BCUT2D eigenvalue weighted by molar-refractivity contribution is 0.470. The second kappa shape index (κ2) is 7.26. The van der Waals surface area contributed by atoms with Gasteiger partial charge in [0.2, 0.25) is 0 Å². The van der Waals surface area contributed by atoms with E-state index < -0.39 is 10.1 Å². The molecule has 24 heavy (non-hydrogen) atoms. The zero-order valence-corrected chi connectivity index (χ0v) is 15.2. The van der Waals surface area contributed by atoms with Gasteiger partial charge in [-0.05, 0) is 44.2 Å². The maximum absolute atomic E-state index is 9.08. The van der Waals surface area contributed by atoms with Crippen molar-refractivity contribution in [3.63, 3.8) is 0 Å². The highest BCUT2D eigenvalue weighted by Gasteiger charge is 2.25. The number of nitriles is 1. The van der Waals surface area contributed by atoms with Crippen molar-refractivity contribution in [2.45, 2.75) is 29.7 Å². The molecule has 0 amide bonds. The molecule has 1 aliphatic rings. The van der Waals surface area contributed by atoms with E-state index in [1.165, 1.54) is 15.5 Å². The van der Waals surface area contributed by atoms with Crippen molar-refractivity contribution in [1.29, 1.82) is 5.26 Å². The fourth-order valence-electron chi connectivity index (χ4n) is 2.41. The zero-order valence-electron chi connectivity index (χ0n) is 13.6. The van der Waals surface area contributed by atoms with Crippen LogP contribution in [0.5, 0.6) is 0 Å². The Hall–Kier alpha value is -2.01. The average molecular weight is 361 g/mol. The Morgan fingerprint density at radius 1 is 1.12 bits per heavy atom. The predicted molar refractivity (Wildman–Crippen MR) is 94.6 cm³/mol. The summed E-state index contributed by atoms with van der Waals surface area (Å²) in [5.74, 6) is 0. The minimum absolute atomic E-state index is 0.356. The van der Waals surface area contributed by atoms with Gasteiger partial charge in [-0.25, -0.2) is 8.42 Å². The molecule has 0 spiro atoms. The van der Waals surface area contributed by atoms with Crippen molar-refractivity contribution in [2.75, 3.05) is 11.2 Å². The first kappa shape index (κ1) is 18.3. The molecule has 1 heterocycles. The minimum atomic E-state index is -3.92. The summed E-state index contributed by atoms with van der Waals surface area (Å²) in [5, 5.41) is 9.08. The van der Waals surface area contributed by atoms with Crippen molar-refractivity contribution >= 4 is 33.3 Å². The molecule has 1 aliphatic heterocycles. The zero-order chi connectivity index (χ0) is 17.9. The number of anilines is 2. The van der Waals surface area contributed by atoms with Gasteiger partial charge in [-0.15, -0.1) is 0 Å². The first-order valence-electron chi connectivity index (χ1n) is 7.22. The van der Waals surface area contributed by atoms with Gasteiger partial charge in [0.05, 0.1) is 33.1 Å². The molecule has 0 bridgehead atoms. The summed E-state index contributed by atoms with van der Waals surface area (Å²) >= 11 is 1.77. The highest BCUT2D eigenvalue weighted by atomic mass is 32.2. The fourth-order valence-corrected chi connectivity index (χ4v) is 3.46. The summed E-state index contributed by atoms with van der Waals surface area (Å²) in [7, 11) is -3.92. The molecule has 2 aromatic carbocycles. The molecule has 126 valence electrons. The normalized spacial score (nSPS) is 12.6. The van der Waals surface area contributed by atoms with Crippen LogP contribution >= 0.6 is 11.8 Å². The number of nitrogens with zero attached hydrogens (tertiary/aromatic N) is 2. The average Bonchev–Trinajstić information content (AvgIpc) is 2.50. The van der Waals surface area contributed by atoms with Crippen LogP contribution in [-0.2, 0) is 10.1 Å². The Labute approximate surface area is 146 Å². The molecule has 0 unspecified atom stereocenters. The third-order valence-corrected chi connectivity index (χ3v) is 4.34. The minimum Gasteiger partial charge on any atom is -0.748 e. The topological polar surface area (TPSA) is 84.2 Å². The van der Waals surface area contributed by atoms with Crippen LogP contribution in [0.3, 0.4) is 0 Å². The Balaban J connectivity index is 0.000000368. The summed E-state index contributed by atoms with van der Waals surface area (Å²) < 4.78 is 27.2. The lowest BCUT2D eigenvalue weighted by Gasteiger charge is -2.35. The number of fused-ring (bicyclic) bond motifs is 2. The van der Waals surface area contributed by atoms with Crippen molar-refractivity contribution in [2.24, 2.45) is 0 Å². The van der Waals surface area contributed by atoms with Crippen molar-refractivity contribution < 1.29 is 13.0 Å². The second-order valence-corrected chi connectivity index (χ2v) is 8.02. The molecule has 2 aromatic rings. The first-order chi connectivity index (χ1) is 11.2. The van der Waals surface area contributed by atoms with E-state index in [2.05, 4.69) is 49.1 Å². The van der Waals surface area contributed by atoms with Gasteiger partial charge in [0.15, 0.2) is 0 Å². The van der Waals surface area contributed by atoms with Crippen LogP contribution in [0.2, 0.25) is 0 Å². The van der Waals surface area contributed by atoms with Gasteiger partial charge in [0, 0.05) is 22.1 Å². The van der Waals surface area contributed by atoms with E-state index in [1.54, 1.807) is 11.8 Å². The van der Waals surface area contributed by atoms with Crippen LogP contribution < -0.4 is 4.90 Å². The van der Waals surface area contributed by atoms with E-state index >= 15 is 0 Å². The summed E-state index contributed by atoms with van der Waals surface area (Å²) in [6.45, 7) is 4.35. The largest absolute Gasteiger partial charge is 0.748 e. The Morgan fingerprint density at radius 2 is 1.71 bits per heavy atom. The Kier molecular flexibility index (Phi) is 5.54. The van der Waals surface area contributed by atoms with Gasteiger partial charge in [0.1, 0.15) is 0 Å². The Bertz CT molecular complexity index is 879. The lowest BCUT2D eigenvalue weighted by atomic mass is 10.1. The van der Waals surface area contributed by atoms with E-state index in [0.717, 1.165) is 5.69 Å². The Morgan fingerprint density at radius 3 is 2.29 bits per heavy atom. The summed E-state index contributed by atoms with van der Waals surface area (Å²) in [4.78, 5) is 4.79. The summed E-state index contributed by atoms with van der Waals surface area (Å²) in [6, 6.07) is 16.9. The van der Waals surface area contributed by atoms with Gasteiger partial charge >= 0.3 is 0 Å². The molecule has 0 atom stereocenters. The monoisotopic (exact) mass is 361 g/mol. The molecule has 0 radical (unpaired) electrons. The van der Waals surface area contributed by atoms with Crippen LogP contribution in [0, 0.1) is 11.3 Å². The van der Waals surface area contributed by atoms with Crippen LogP contribution in [-0.4, -0.2) is 25.3 Å². The van der Waals surface area contributed by atoms with Crippen molar-refractivity contribution in [1.82, 2.24) is 0 Å². The number of hydrogen-bond donors (Lipinski definition) is 0. The van der Waals surface area contributed by atoms with Crippen LogP contribution in [0.25, 0.3) is 0 Å². The smallest absolute Gasteiger partial charge is 0.0992 e. The van der Waals surface area contributed by atoms with Gasteiger partial charge in [-0.3, -0.25) is 0 Å². The van der Waals surface area contributed by atoms with E-state index in [4.69, 9.17) is 18.2 Å². The molecule has 7 heteroatoms. The van der Waals surface area contributed by atoms with Crippen LogP contribution in [0.1, 0.15) is 19.4 Å². The van der Waals surface area contributed by atoms with Crippen molar-refractivity contribution in [3.05, 3.63) is 48.0 Å². The number of hydrogen-bond acceptors (Lipinski definition) is 6. The number of rotatable bonds is 1. The number of para-hydroxylation sites is 1. The van der Waals surface area contributed by atoms with Gasteiger partial charge in [-0.2, -0.15) is 5.26 Å². The molecule has 3 rings (SSSR count). The van der Waals surface area contributed by atoms with E-state index in [1.807, 2.05) is 18.2 Å². The third-order valence-electron chi connectivity index (χ3n) is 3.21. The lowest BCUT2D eigenvalue weighted by Crippen LogP contribution is -2.28. The quantitative estimate of drug-likeness (QED) is 0.720. The standard InChI is InChI=1S/C16H14N2S.CH4O3S/c1-11(2)18-13-5-3-4-6-15(13)19-16-8-7-12(10-17)9-14(16)18;1-5(2,3)4/h3-9,11H,1-2H3;1H3,(H,2,3,4)/p-1. The van der Waals surface area contributed by atoms with Gasteiger partial charge in [-0.1, -0.05) is 23.9 Å². The predicted octanol–water partition coefficient (Wildman–Crippen LogP) is 3.73. The first-order valence-corrected chi connectivity index (χ1v) is 9.85. The summed E-state index contributed by atoms with van der Waals surface area (Å²) in [6.07, 6.45) is 0.604. The summed E-state index contributed by atoms with van der Waals surface area (Å²) in [5.41, 5.74) is 3.08. The molecule has 0 aromatic heterocycles. The van der Waals surface area contributed by atoms with Crippen LogP contribution in [0.4, 0.5) is 11.4 Å². The molecular formula is C17H17N2O3S2-. The fraction of sp³-hybridized carbons (Fsp3) is 0.235. The maximum atomic E-state index is 9.08. The molecule has 0 fully saturated rings. The third kappa shape index (κ3) is 4.51. The van der Waals surface area contributed by atoms with E-state index in [-0.39, 0.29) is 0 Å². The maximum Gasteiger partial charge on any atom is 0.0992 e.